The lowest BCUT2D eigenvalue weighted by Gasteiger charge is -2.52. The van der Waals surface area contributed by atoms with E-state index in [0.717, 1.165) is 13.8 Å². The quantitative estimate of drug-likeness (QED) is 0.0817. The second-order valence-electron chi connectivity index (χ2n) is 15.4. The van der Waals surface area contributed by atoms with Crippen LogP contribution in [-0.2, 0) is 52.2 Å². The Bertz CT molecular complexity index is 1410. The summed E-state index contributed by atoms with van der Waals surface area (Å²) in [5.74, 6) is -1.54. The number of rotatable bonds is 13. The Morgan fingerprint density at radius 3 is 1.37 bits per heavy atom. The molecule has 26 nitrogen and oxygen atoms in total. The highest BCUT2D eigenvalue weighted by molar-refractivity contribution is 5.73. The van der Waals surface area contributed by atoms with Crippen LogP contribution in [0.4, 0.5) is 0 Å². The van der Waals surface area contributed by atoms with Gasteiger partial charge in [0.15, 0.2) is 31.5 Å². The first-order chi connectivity index (χ1) is 28.2. The number of hydrogen-bond donors (Lipinski definition) is 15. The van der Waals surface area contributed by atoms with Crippen LogP contribution in [0.3, 0.4) is 0 Å². The first-order valence-electron chi connectivity index (χ1n) is 19.3. The normalized spacial score (nSPS) is 50.2. The molecule has 5 saturated heterocycles. The number of carbonyl (C=O) groups excluding carboxylic acids is 2. The van der Waals surface area contributed by atoms with Gasteiger partial charge in [-0.1, -0.05) is 0 Å². The van der Waals surface area contributed by atoms with E-state index in [0.29, 0.717) is 0 Å². The topological polar surface area (TPSA) is 404 Å². The monoisotopic (exact) mass is 878 g/mol. The Hall–Kier alpha value is -1.94. The number of nitrogens with one attached hydrogen (secondary N) is 2. The van der Waals surface area contributed by atoms with Crippen LogP contribution in [0.1, 0.15) is 27.7 Å². The van der Waals surface area contributed by atoms with E-state index in [2.05, 4.69) is 10.6 Å². The second kappa shape index (κ2) is 20.7. The molecule has 0 bridgehead atoms. The molecule has 0 radical (unpaired) electrons. The molecule has 0 aromatic heterocycles. The Labute approximate surface area is 342 Å². The van der Waals surface area contributed by atoms with Crippen molar-refractivity contribution in [2.24, 2.45) is 0 Å². The molecule has 0 spiro atoms. The maximum absolute atomic E-state index is 12.9. The van der Waals surface area contributed by atoms with Crippen LogP contribution in [0.5, 0.6) is 0 Å². The van der Waals surface area contributed by atoms with Gasteiger partial charge in [0.2, 0.25) is 11.8 Å². The summed E-state index contributed by atoms with van der Waals surface area (Å²) in [5.41, 5.74) is 0. The maximum atomic E-state index is 12.9. The van der Waals surface area contributed by atoms with E-state index in [1.165, 1.54) is 13.8 Å². The van der Waals surface area contributed by atoms with Gasteiger partial charge in [-0.15, -0.1) is 0 Å². The highest BCUT2D eigenvalue weighted by Gasteiger charge is 2.58. The zero-order chi connectivity index (χ0) is 44.5. The average molecular weight is 879 g/mol. The van der Waals surface area contributed by atoms with E-state index in [1.54, 1.807) is 0 Å². The number of aliphatic hydroxyl groups excluding tert-OH is 13. The summed E-state index contributed by atoms with van der Waals surface area (Å²) in [5, 5.41) is 143. The van der Waals surface area contributed by atoms with E-state index in [-0.39, 0.29) is 0 Å². The summed E-state index contributed by atoms with van der Waals surface area (Å²) in [4.78, 5) is 25.0. The minimum atomic E-state index is -2.03. The predicted octanol–water partition coefficient (Wildman–Crippen LogP) is -9.58. The second-order valence-corrected chi connectivity index (χ2v) is 15.4. The van der Waals surface area contributed by atoms with Gasteiger partial charge in [0, 0.05) is 13.8 Å². The minimum Gasteiger partial charge on any atom is -0.394 e. The highest BCUT2D eigenvalue weighted by atomic mass is 16.8. The summed E-state index contributed by atoms with van der Waals surface area (Å²) in [6.45, 7) is 2.00. The fourth-order valence-electron chi connectivity index (χ4n) is 7.70. The van der Waals surface area contributed by atoms with Crippen LogP contribution in [0, 0.1) is 0 Å². The molecule has 5 aliphatic rings. The standard InChI is InChI=1S/C34H58N2O24/c1-8-17(42)21(46)24(49)32(52-8)59-28-16(36-11(4)41)31(58-27-15(35-10(3)40)30(51)54-13(6-38)20(27)45)56-14(7-39)26(28)57-34-29(23(48)19(44)12(5-37)55-34)60-33-25(50)22(47)18(43)9(2)53-33/h8-9,12-34,37-39,42-51H,5-7H2,1-4H3,(H,35,40)(H,36,41)/t8-,9-,12+,13+,14+,15+,16+,17+,18+,19-,20-,21+,22+,23-,24-,25-,26+,27+,28+,29+,30+,31-,32-,33-,34-/m0/s1. The van der Waals surface area contributed by atoms with E-state index in [9.17, 15) is 76.0 Å². The maximum Gasteiger partial charge on any atom is 0.217 e. The van der Waals surface area contributed by atoms with E-state index in [4.69, 9.17) is 42.6 Å². The fraction of sp³-hybridized carbons (Fsp3) is 0.941. The highest BCUT2D eigenvalue weighted by Crippen LogP contribution is 2.37. The first kappa shape index (κ1) is 49.1. The molecule has 15 N–H and O–H groups in total. The van der Waals surface area contributed by atoms with Gasteiger partial charge in [-0.2, -0.15) is 0 Å². The van der Waals surface area contributed by atoms with Crippen LogP contribution in [-0.4, -0.2) is 251 Å². The van der Waals surface area contributed by atoms with Crippen molar-refractivity contribution in [3.05, 3.63) is 0 Å². The van der Waals surface area contributed by atoms with Crippen LogP contribution < -0.4 is 10.6 Å². The molecule has 5 rings (SSSR count). The van der Waals surface area contributed by atoms with Crippen molar-refractivity contribution < 1.29 is 119 Å². The van der Waals surface area contributed by atoms with Gasteiger partial charge in [-0.05, 0) is 13.8 Å². The molecule has 0 saturated carbocycles. The molecule has 60 heavy (non-hydrogen) atoms. The summed E-state index contributed by atoms with van der Waals surface area (Å²) < 4.78 is 52.7. The Balaban J connectivity index is 1.57. The van der Waals surface area contributed by atoms with Crippen LogP contribution in [0.15, 0.2) is 0 Å². The average Bonchev–Trinajstić information content (AvgIpc) is 3.20. The van der Waals surface area contributed by atoms with E-state index in [1.807, 2.05) is 0 Å². The molecule has 5 heterocycles. The molecule has 0 aliphatic carbocycles. The Morgan fingerprint density at radius 1 is 0.433 bits per heavy atom. The van der Waals surface area contributed by atoms with Gasteiger partial charge in [-0.3, -0.25) is 9.59 Å². The lowest BCUT2D eigenvalue weighted by atomic mass is 9.93. The molecular weight excluding hydrogens is 820 g/mol. The van der Waals surface area contributed by atoms with Crippen molar-refractivity contribution in [2.75, 3.05) is 19.8 Å². The van der Waals surface area contributed by atoms with Crippen molar-refractivity contribution in [3.8, 4) is 0 Å². The largest absolute Gasteiger partial charge is 0.394 e. The zero-order valence-corrected chi connectivity index (χ0v) is 32.9. The van der Waals surface area contributed by atoms with Crippen molar-refractivity contribution in [3.63, 3.8) is 0 Å². The molecule has 5 fully saturated rings. The van der Waals surface area contributed by atoms with Crippen LogP contribution in [0.25, 0.3) is 0 Å². The van der Waals surface area contributed by atoms with Gasteiger partial charge in [0.05, 0.1) is 32.0 Å². The number of ether oxygens (including phenoxy) is 9. The SMILES string of the molecule is CC(=O)N[C@@H]1[C@@H](O[C@@H]2O[C@H](CO)[C@@H](O[C@@H]3O[C@H](CO)[C@H](O)[C@H](O)[C@H]3O[C@@H]3O[C@@H](C)[C@@H](O)[C@@H](O)[C@@H]3O)[C@H](O[C@@H]3O[C@@H](C)[C@@H](O)[C@@H](O)[C@@H]3O)[C@H]2NC(C)=O)[C@@H](O)[C@@H](CO)O[C@H]1O. The van der Waals surface area contributed by atoms with E-state index >= 15 is 0 Å². The van der Waals surface area contributed by atoms with Crippen LogP contribution >= 0.6 is 0 Å². The summed E-state index contributed by atoms with van der Waals surface area (Å²) >= 11 is 0. The molecule has 2 amide bonds. The Kier molecular flexibility index (Phi) is 16.9. The number of hydrogen-bond acceptors (Lipinski definition) is 24. The predicted molar refractivity (Wildman–Crippen MR) is 187 cm³/mol. The van der Waals surface area contributed by atoms with Crippen molar-refractivity contribution in [1.82, 2.24) is 10.6 Å². The molecule has 348 valence electrons. The molecule has 5 aliphatic heterocycles. The molecule has 0 unspecified atom stereocenters. The molecule has 0 aromatic carbocycles. The number of amides is 2. The third kappa shape index (κ3) is 10.4. The number of aliphatic hydroxyl groups is 13. The smallest absolute Gasteiger partial charge is 0.217 e. The van der Waals surface area contributed by atoms with Gasteiger partial charge in [-0.25, -0.2) is 0 Å². The zero-order valence-electron chi connectivity index (χ0n) is 32.9. The van der Waals surface area contributed by atoms with Crippen molar-refractivity contribution in [1.29, 1.82) is 0 Å². The van der Waals surface area contributed by atoms with Gasteiger partial charge >= 0.3 is 0 Å². The fourth-order valence-corrected chi connectivity index (χ4v) is 7.70. The molecule has 26 heteroatoms. The van der Waals surface area contributed by atoms with Crippen molar-refractivity contribution in [2.45, 2.75) is 181 Å². The summed E-state index contributed by atoms with van der Waals surface area (Å²) in [7, 11) is 0. The minimum absolute atomic E-state index is 0.723. The lowest BCUT2D eigenvalue weighted by molar-refractivity contribution is -0.396. The molecule has 0 aromatic rings. The summed E-state index contributed by atoms with van der Waals surface area (Å²) in [6, 6.07) is -3.27. The summed E-state index contributed by atoms with van der Waals surface area (Å²) in [6.07, 6.45) is -40.4. The lowest BCUT2D eigenvalue weighted by Crippen LogP contribution is -2.72. The third-order valence-corrected chi connectivity index (χ3v) is 11.0. The molecule has 25 atom stereocenters. The third-order valence-electron chi connectivity index (χ3n) is 11.0. The van der Waals surface area contributed by atoms with Gasteiger partial charge in [0.1, 0.15) is 110 Å². The van der Waals surface area contributed by atoms with Gasteiger partial charge < -0.3 is 120 Å². The van der Waals surface area contributed by atoms with Crippen LogP contribution in [0.2, 0.25) is 0 Å². The Morgan fingerprint density at radius 2 is 0.867 bits per heavy atom. The molecular formula is C34H58N2O24. The van der Waals surface area contributed by atoms with Gasteiger partial charge in [0.25, 0.3) is 0 Å². The van der Waals surface area contributed by atoms with Crippen molar-refractivity contribution >= 4 is 11.8 Å². The van der Waals surface area contributed by atoms with E-state index < -0.39 is 185 Å². The number of carbonyl (C=O) groups is 2. The first-order valence-corrected chi connectivity index (χ1v) is 19.3.